The summed E-state index contributed by atoms with van der Waals surface area (Å²) in [7, 11) is 0. The third-order valence-corrected chi connectivity index (χ3v) is 3.40. The van der Waals surface area contributed by atoms with Gasteiger partial charge in [0.05, 0.1) is 6.10 Å². The molecule has 0 radical (unpaired) electrons. The van der Waals surface area contributed by atoms with E-state index in [2.05, 4.69) is 10.6 Å². The Balaban J connectivity index is 5.11. The molecule has 9 N–H and O–H groups in total. The first-order valence-electron chi connectivity index (χ1n) is 7.73. The Morgan fingerprint density at radius 2 is 1.42 bits per heavy atom. The molecule has 0 aromatic carbocycles. The maximum atomic E-state index is 12.3. The van der Waals surface area contributed by atoms with E-state index in [0.717, 1.165) is 0 Å². The lowest BCUT2D eigenvalue weighted by molar-refractivity contribution is -0.143. The predicted octanol–water partition coefficient (Wildman–Crippen LogP) is -3.12. The number of carboxylic acids is 2. The lowest BCUT2D eigenvalue weighted by Crippen LogP contribution is -2.56. The third kappa shape index (κ3) is 8.94. The average molecular weight is 376 g/mol. The molecule has 12 nitrogen and oxygen atoms in total. The standard InChI is InChI=1S/C14H24N4O8/c1-6(19)11(16)13(24)17-7(2-4-9(15)20)12(23)18-8(14(25)26)3-5-10(21)22/h6-8,11,19H,2-5,16H2,1H3,(H2,15,20)(H,17,24)(H,18,23)(H,21,22)(H,25,26)/t6-,7+,8+,11+/m1/s1. The Bertz CT molecular complexity index is 551. The molecule has 0 aromatic rings. The first-order chi connectivity index (χ1) is 12.0. The Morgan fingerprint density at radius 3 is 1.85 bits per heavy atom. The highest BCUT2D eigenvalue weighted by Gasteiger charge is 2.29. The van der Waals surface area contributed by atoms with Gasteiger partial charge in [-0.25, -0.2) is 4.79 Å². The van der Waals surface area contributed by atoms with Gasteiger partial charge < -0.3 is 37.4 Å². The van der Waals surface area contributed by atoms with Crippen molar-refractivity contribution in [1.29, 1.82) is 0 Å². The topological polar surface area (TPSA) is 222 Å². The zero-order valence-electron chi connectivity index (χ0n) is 14.2. The van der Waals surface area contributed by atoms with Crippen LogP contribution in [0.15, 0.2) is 0 Å². The van der Waals surface area contributed by atoms with Crippen molar-refractivity contribution in [3.8, 4) is 0 Å². The smallest absolute Gasteiger partial charge is 0.326 e. The molecule has 0 aromatic heterocycles. The fourth-order valence-corrected chi connectivity index (χ4v) is 1.84. The third-order valence-electron chi connectivity index (χ3n) is 3.40. The highest BCUT2D eigenvalue weighted by molar-refractivity contribution is 5.92. The second kappa shape index (κ2) is 11.0. The molecule has 12 heteroatoms. The van der Waals surface area contributed by atoms with Crippen LogP contribution in [0.5, 0.6) is 0 Å². The summed E-state index contributed by atoms with van der Waals surface area (Å²) >= 11 is 0. The largest absolute Gasteiger partial charge is 0.481 e. The van der Waals surface area contributed by atoms with Crippen LogP contribution in [-0.4, -0.2) is 69.2 Å². The van der Waals surface area contributed by atoms with Crippen molar-refractivity contribution in [1.82, 2.24) is 10.6 Å². The molecule has 0 aliphatic rings. The normalized spacial score (nSPS) is 15.2. The highest BCUT2D eigenvalue weighted by atomic mass is 16.4. The van der Waals surface area contributed by atoms with Gasteiger partial charge in [-0.2, -0.15) is 0 Å². The second-order valence-electron chi connectivity index (χ2n) is 5.66. The van der Waals surface area contributed by atoms with Crippen LogP contribution < -0.4 is 22.1 Å². The van der Waals surface area contributed by atoms with E-state index in [4.69, 9.17) is 21.7 Å². The predicted molar refractivity (Wildman–Crippen MR) is 86.5 cm³/mol. The van der Waals surface area contributed by atoms with Crippen LogP contribution in [0.2, 0.25) is 0 Å². The molecule has 0 saturated carbocycles. The van der Waals surface area contributed by atoms with E-state index in [1.807, 2.05) is 0 Å². The van der Waals surface area contributed by atoms with Crippen molar-refractivity contribution in [3.05, 3.63) is 0 Å². The molecule has 0 aliphatic heterocycles. The van der Waals surface area contributed by atoms with Crippen LogP contribution in [-0.2, 0) is 24.0 Å². The van der Waals surface area contributed by atoms with Crippen LogP contribution >= 0.6 is 0 Å². The summed E-state index contributed by atoms with van der Waals surface area (Å²) in [6.07, 6.45) is -2.60. The maximum absolute atomic E-state index is 12.3. The van der Waals surface area contributed by atoms with E-state index >= 15 is 0 Å². The molecule has 0 rings (SSSR count). The number of carbonyl (C=O) groups excluding carboxylic acids is 3. The summed E-state index contributed by atoms with van der Waals surface area (Å²) in [6, 6.07) is -4.19. The molecule has 26 heavy (non-hydrogen) atoms. The van der Waals surface area contributed by atoms with Crippen molar-refractivity contribution in [2.75, 3.05) is 0 Å². The molecule has 0 heterocycles. The van der Waals surface area contributed by atoms with E-state index < -0.39 is 60.3 Å². The minimum absolute atomic E-state index is 0.231. The summed E-state index contributed by atoms with van der Waals surface area (Å²) in [5, 5.41) is 31.3. The second-order valence-corrected chi connectivity index (χ2v) is 5.66. The summed E-state index contributed by atoms with van der Waals surface area (Å²) in [4.78, 5) is 56.7. The molecule has 0 unspecified atom stereocenters. The number of amides is 3. The number of carboxylic acid groups (broad SMARTS) is 2. The average Bonchev–Trinajstić information content (AvgIpc) is 2.53. The number of nitrogens with one attached hydrogen (secondary N) is 2. The Hall–Kier alpha value is -2.73. The summed E-state index contributed by atoms with van der Waals surface area (Å²) in [5.74, 6) is -5.29. The highest BCUT2D eigenvalue weighted by Crippen LogP contribution is 2.03. The minimum atomic E-state index is -1.50. The number of carbonyl (C=O) groups is 5. The molecule has 148 valence electrons. The molecular formula is C14H24N4O8. The number of nitrogens with two attached hydrogens (primary N) is 2. The number of aliphatic carboxylic acids is 2. The van der Waals surface area contributed by atoms with E-state index in [0.29, 0.717) is 0 Å². The van der Waals surface area contributed by atoms with Gasteiger partial charge in [0.15, 0.2) is 0 Å². The number of hydrogen-bond donors (Lipinski definition) is 7. The Kier molecular flexibility index (Phi) is 9.84. The van der Waals surface area contributed by atoms with Crippen molar-refractivity contribution < 1.29 is 39.3 Å². The number of primary amides is 1. The molecule has 0 bridgehead atoms. The van der Waals surface area contributed by atoms with E-state index in [9.17, 15) is 29.1 Å². The SMILES string of the molecule is C[C@@H](O)[C@H](N)C(=O)N[C@@H](CCC(N)=O)C(=O)N[C@@H](CCC(=O)O)C(=O)O. The fraction of sp³-hybridized carbons (Fsp3) is 0.643. The molecule has 0 saturated heterocycles. The van der Waals surface area contributed by atoms with Crippen molar-refractivity contribution in [2.45, 2.75) is 56.8 Å². The maximum Gasteiger partial charge on any atom is 0.326 e. The number of aliphatic hydroxyl groups is 1. The minimum Gasteiger partial charge on any atom is -0.481 e. The lowest BCUT2D eigenvalue weighted by atomic mass is 10.1. The first-order valence-corrected chi connectivity index (χ1v) is 7.73. The summed E-state index contributed by atoms with van der Waals surface area (Å²) in [5.41, 5.74) is 10.5. The molecule has 0 fully saturated rings. The van der Waals surface area contributed by atoms with Gasteiger partial charge in [0.2, 0.25) is 17.7 Å². The van der Waals surface area contributed by atoms with Gasteiger partial charge in [0.25, 0.3) is 0 Å². The van der Waals surface area contributed by atoms with Gasteiger partial charge >= 0.3 is 11.9 Å². The van der Waals surface area contributed by atoms with Gasteiger partial charge in [-0.15, -0.1) is 0 Å². The van der Waals surface area contributed by atoms with Crippen molar-refractivity contribution in [2.24, 2.45) is 11.5 Å². The fourth-order valence-electron chi connectivity index (χ4n) is 1.84. The van der Waals surface area contributed by atoms with Gasteiger partial charge in [0, 0.05) is 12.8 Å². The summed E-state index contributed by atoms with van der Waals surface area (Å²) < 4.78 is 0. The lowest BCUT2D eigenvalue weighted by Gasteiger charge is -2.23. The molecule has 0 aliphatic carbocycles. The summed E-state index contributed by atoms with van der Waals surface area (Å²) in [6.45, 7) is 1.26. The zero-order valence-corrected chi connectivity index (χ0v) is 14.2. The van der Waals surface area contributed by atoms with Crippen LogP contribution in [0.25, 0.3) is 0 Å². The van der Waals surface area contributed by atoms with Crippen molar-refractivity contribution >= 4 is 29.7 Å². The molecule has 4 atom stereocenters. The Morgan fingerprint density at radius 1 is 0.923 bits per heavy atom. The zero-order chi connectivity index (χ0) is 20.4. The molecule has 0 spiro atoms. The van der Waals surface area contributed by atoms with Gasteiger partial charge in [-0.1, -0.05) is 0 Å². The Labute approximate surface area is 148 Å². The van der Waals surface area contributed by atoms with Gasteiger partial charge in [-0.3, -0.25) is 19.2 Å². The van der Waals surface area contributed by atoms with Crippen LogP contribution in [0.4, 0.5) is 0 Å². The van der Waals surface area contributed by atoms with Crippen LogP contribution in [0.3, 0.4) is 0 Å². The van der Waals surface area contributed by atoms with Crippen LogP contribution in [0, 0.1) is 0 Å². The van der Waals surface area contributed by atoms with E-state index in [1.54, 1.807) is 0 Å². The van der Waals surface area contributed by atoms with E-state index in [1.165, 1.54) is 6.92 Å². The van der Waals surface area contributed by atoms with Crippen molar-refractivity contribution in [3.63, 3.8) is 0 Å². The van der Waals surface area contributed by atoms with E-state index in [-0.39, 0.29) is 19.3 Å². The number of hydrogen-bond acceptors (Lipinski definition) is 7. The first kappa shape index (κ1) is 23.3. The number of rotatable bonds is 12. The quantitative estimate of drug-likeness (QED) is 0.183. The number of aliphatic hydroxyl groups excluding tert-OH is 1. The monoisotopic (exact) mass is 376 g/mol. The molecular weight excluding hydrogens is 352 g/mol. The molecule has 3 amide bonds. The van der Waals surface area contributed by atoms with Gasteiger partial charge in [-0.05, 0) is 19.8 Å². The van der Waals surface area contributed by atoms with Gasteiger partial charge in [0.1, 0.15) is 18.1 Å². The van der Waals surface area contributed by atoms with Crippen LogP contribution in [0.1, 0.15) is 32.6 Å².